The minimum absolute atomic E-state index is 0.640. The van der Waals surface area contributed by atoms with Gasteiger partial charge in [-0.15, -0.1) is 5.10 Å². The number of rotatable bonds is 3. The van der Waals surface area contributed by atoms with Gasteiger partial charge in [-0.05, 0) is 18.8 Å². The molecule has 0 atom stereocenters. The fourth-order valence-electron chi connectivity index (χ4n) is 1.83. The first-order valence-corrected chi connectivity index (χ1v) is 5.42. The van der Waals surface area contributed by atoms with Crippen LogP contribution < -0.4 is 5.73 Å². The standard InChI is InChI=1S/C10H14N6/c1-15-10(8(11)4-12-15)9-6-16(14-13-9)5-7-2-3-7/h4,6-7H,2-3,5,11H2,1H3. The SMILES string of the molecule is Cn1ncc(N)c1-c1cn(CC2CC2)nn1. The van der Waals surface area contributed by atoms with Gasteiger partial charge in [-0.3, -0.25) is 9.36 Å². The lowest BCUT2D eigenvalue weighted by Gasteiger charge is -1.98. The summed E-state index contributed by atoms with van der Waals surface area (Å²) in [6.45, 7) is 0.963. The Morgan fingerprint density at radius 1 is 1.50 bits per heavy atom. The lowest BCUT2D eigenvalue weighted by Crippen LogP contribution is -1.99. The Morgan fingerprint density at radius 2 is 2.31 bits per heavy atom. The number of aromatic nitrogens is 5. The quantitative estimate of drug-likeness (QED) is 0.821. The van der Waals surface area contributed by atoms with Crippen molar-refractivity contribution in [3.05, 3.63) is 12.4 Å². The molecule has 0 radical (unpaired) electrons. The van der Waals surface area contributed by atoms with Crippen molar-refractivity contribution in [1.82, 2.24) is 24.8 Å². The molecule has 0 spiro atoms. The third kappa shape index (κ3) is 1.56. The first-order chi connectivity index (χ1) is 7.74. The molecule has 2 heterocycles. The van der Waals surface area contributed by atoms with Crippen molar-refractivity contribution in [1.29, 1.82) is 0 Å². The molecule has 1 saturated carbocycles. The zero-order valence-electron chi connectivity index (χ0n) is 9.17. The largest absolute Gasteiger partial charge is 0.396 e. The molecule has 0 saturated heterocycles. The van der Waals surface area contributed by atoms with Crippen LogP contribution in [0.25, 0.3) is 11.4 Å². The monoisotopic (exact) mass is 218 g/mol. The number of anilines is 1. The van der Waals surface area contributed by atoms with Crippen LogP contribution in [-0.4, -0.2) is 24.8 Å². The van der Waals surface area contributed by atoms with Gasteiger partial charge in [0.15, 0.2) is 0 Å². The Bertz CT molecular complexity index is 488. The second-order valence-electron chi connectivity index (χ2n) is 4.34. The molecule has 2 aromatic heterocycles. The average molecular weight is 218 g/mol. The van der Waals surface area contributed by atoms with Crippen LogP contribution in [-0.2, 0) is 13.6 Å². The van der Waals surface area contributed by atoms with Crippen molar-refractivity contribution in [3.63, 3.8) is 0 Å². The van der Waals surface area contributed by atoms with E-state index in [4.69, 9.17) is 5.73 Å². The van der Waals surface area contributed by atoms with Gasteiger partial charge in [-0.25, -0.2) is 0 Å². The van der Waals surface area contributed by atoms with Gasteiger partial charge in [0, 0.05) is 13.6 Å². The topological polar surface area (TPSA) is 74.6 Å². The van der Waals surface area contributed by atoms with Crippen molar-refractivity contribution in [2.75, 3.05) is 5.73 Å². The van der Waals surface area contributed by atoms with Crippen molar-refractivity contribution in [3.8, 4) is 11.4 Å². The maximum Gasteiger partial charge on any atom is 0.133 e. The summed E-state index contributed by atoms with van der Waals surface area (Å²) in [4.78, 5) is 0. The molecule has 84 valence electrons. The number of hydrogen-bond donors (Lipinski definition) is 1. The van der Waals surface area contributed by atoms with Gasteiger partial charge in [0.25, 0.3) is 0 Å². The number of aryl methyl sites for hydroxylation is 1. The summed E-state index contributed by atoms with van der Waals surface area (Å²) in [5.41, 5.74) is 8.10. The zero-order chi connectivity index (χ0) is 11.1. The smallest absolute Gasteiger partial charge is 0.133 e. The van der Waals surface area contributed by atoms with E-state index < -0.39 is 0 Å². The Balaban J connectivity index is 1.91. The van der Waals surface area contributed by atoms with Gasteiger partial charge in [0.05, 0.1) is 18.1 Å². The highest BCUT2D eigenvalue weighted by Gasteiger charge is 2.22. The van der Waals surface area contributed by atoms with Gasteiger partial charge in [0.2, 0.25) is 0 Å². The van der Waals surface area contributed by atoms with Crippen LogP contribution in [0.5, 0.6) is 0 Å². The van der Waals surface area contributed by atoms with Crippen LogP contribution in [0.1, 0.15) is 12.8 Å². The van der Waals surface area contributed by atoms with Crippen LogP contribution in [0.4, 0.5) is 5.69 Å². The maximum absolute atomic E-state index is 5.84. The minimum Gasteiger partial charge on any atom is -0.396 e. The van der Waals surface area contributed by atoms with E-state index >= 15 is 0 Å². The molecule has 2 aromatic rings. The summed E-state index contributed by atoms with van der Waals surface area (Å²) in [6, 6.07) is 0. The van der Waals surface area contributed by atoms with E-state index in [-0.39, 0.29) is 0 Å². The summed E-state index contributed by atoms with van der Waals surface area (Å²) < 4.78 is 3.61. The van der Waals surface area contributed by atoms with Crippen LogP contribution in [0.15, 0.2) is 12.4 Å². The summed E-state index contributed by atoms with van der Waals surface area (Å²) in [5.74, 6) is 0.790. The van der Waals surface area contributed by atoms with Gasteiger partial charge in [-0.2, -0.15) is 5.10 Å². The molecule has 1 aliphatic rings. The highest BCUT2D eigenvalue weighted by Crippen LogP contribution is 2.30. The minimum atomic E-state index is 0.640. The molecule has 0 amide bonds. The summed E-state index contributed by atoms with van der Waals surface area (Å²) in [5, 5.41) is 12.3. The molecule has 0 aromatic carbocycles. The highest BCUT2D eigenvalue weighted by molar-refractivity contribution is 5.68. The Labute approximate surface area is 93.0 Å². The first kappa shape index (κ1) is 9.38. The van der Waals surface area contributed by atoms with Crippen LogP contribution in [0, 0.1) is 5.92 Å². The third-order valence-electron chi connectivity index (χ3n) is 2.89. The van der Waals surface area contributed by atoms with Crippen LogP contribution in [0.2, 0.25) is 0 Å². The van der Waals surface area contributed by atoms with Gasteiger partial charge < -0.3 is 5.73 Å². The van der Waals surface area contributed by atoms with Crippen molar-refractivity contribution in [2.45, 2.75) is 19.4 Å². The maximum atomic E-state index is 5.84. The van der Waals surface area contributed by atoms with Gasteiger partial charge >= 0.3 is 0 Å². The summed E-state index contributed by atoms with van der Waals surface area (Å²) in [7, 11) is 1.85. The van der Waals surface area contributed by atoms with Crippen LogP contribution in [0.3, 0.4) is 0 Å². The van der Waals surface area contributed by atoms with E-state index in [1.807, 2.05) is 17.9 Å². The lowest BCUT2D eigenvalue weighted by molar-refractivity contribution is 0.544. The van der Waals surface area contributed by atoms with E-state index in [0.29, 0.717) is 5.69 Å². The molecule has 1 aliphatic carbocycles. The average Bonchev–Trinajstić information content (AvgIpc) is 2.84. The normalized spacial score (nSPS) is 15.6. The Kier molecular flexibility index (Phi) is 1.95. The molecule has 2 N–H and O–H groups in total. The summed E-state index contributed by atoms with van der Waals surface area (Å²) >= 11 is 0. The molecule has 0 unspecified atom stereocenters. The van der Waals surface area contributed by atoms with Crippen LogP contribution >= 0.6 is 0 Å². The van der Waals surface area contributed by atoms with E-state index in [0.717, 1.165) is 23.9 Å². The predicted octanol–water partition coefficient (Wildman–Crippen LogP) is 0.671. The Hall–Kier alpha value is -1.85. The molecule has 6 nitrogen and oxygen atoms in total. The number of nitrogens with zero attached hydrogens (tertiary/aromatic N) is 5. The van der Waals surface area contributed by atoms with E-state index in [2.05, 4.69) is 15.4 Å². The molecular formula is C10H14N6. The third-order valence-corrected chi connectivity index (χ3v) is 2.89. The number of nitrogen functional groups attached to an aromatic ring is 1. The highest BCUT2D eigenvalue weighted by atomic mass is 15.4. The zero-order valence-corrected chi connectivity index (χ0v) is 9.17. The van der Waals surface area contributed by atoms with Crippen molar-refractivity contribution >= 4 is 5.69 Å². The van der Waals surface area contributed by atoms with Gasteiger partial charge in [-0.1, -0.05) is 5.21 Å². The summed E-state index contributed by atoms with van der Waals surface area (Å²) in [6.07, 6.45) is 6.19. The molecule has 3 rings (SSSR count). The van der Waals surface area contributed by atoms with E-state index in [9.17, 15) is 0 Å². The lowest BCUT2D eigenvalue weighted by atomic mass is 10.3. The molecule has 6 heteroatoms. The number of nitrogens with two attached hydrogens (primary N) is 1. The molecule has 0 aliphatic heterocycles. The van der Waals surface area contributed by atoms with E-state index in [1.165, 1.54) is 12.8 Å². The predicted molar refractivity (Wildman–Crippen MR) is 59.4 cm³/mol. The van der Waals surface area contributed by atoms with Gasteiger partial charge in [0.1, 0.15) is 11.4 Å². The Morgan fingerprint density at radius 3 is 2.94 bits per heavy atom. The second-order valence-corrected chi connectivity index (χ2v) is 4.34. The van der Waals surface area contributed by atoms with Crippen molar-refractivity contribution in [2.24, 2.45) is 13.0 Å². The molecular weight excluding hydrogens is 204 g/mol. The molecule has 16 heavy (non-hydrogen) atoms. The molecule has 0 bridgehead atoms. The first-order valence-electron chi connectivity index (χ1n) is 5.42. The molecule has 1 fully saturated rings. The second kappa shape index (κ2) is 3.33. The fourth-order valence-corrected chi connectivity index (χ4v) is 1.83. The fraction of sp³-hybridized carbons (Fsp3) is 0.500. The van der Waals surface area contributed by atoms with E-state index in [1.54, 1.807) is 10.9 Å². The van der Waals surface area contributed by atoms with Crippen molar-refractivity contribution < 1.29 is 0 Å². The number of hydrogen-bond acceptors (Lipinski definition) is 4.